The van der Waals surface area contributed by atoms with Crippen molar-refractivity contribution in [1.29, 1.82) is 0 Å². The molecule has 0 bridgehead atoms. The fraction of sp³-hybridized carbons (Fsp3) is 1.00. The second kappa shape index (κ2) is 1.95. The predicted molar refractivity (Wildman–Crippen MR) is 41.8 cm³/mol. The van der Waals surface area contributed by atoms with Gasteiger partial charge in [0.15, 0.2) is 0 Å². The van der Waals surface area contributed by atoms with Gasteiger partial charge in [-0.15, -0.1) is 0 Å². The van der Waals surface area contributed by atoms with Crippen LogP contribution in [0.3, 0.4) is 0 Å². The van der Waals surface area contributed by atoms with Crippen molar-refractivity contribution in [1.82, 2.24) is 4.90 Å². The highest BCUT2D eigenvalue weighted by Crippen LogP contribution is 2.46. The minimum absolute atomic E-state index is 0.441. The smallest absolute Gasteiger partial charge is 0.0209 e. The Kier molecular flexibility index (Phi) is 1.29. The molecule has 1 spiro atoms. The lowest BCUT2D eigenvalue weighted by Crippen LogP contribution is -2.47. The van der Waals surface area contributed by atoms with Crippen LogP contribution in [-0.4, -0.2) is 30.1 Å². The molecular weight excluding hydrogens is 124 g/mol. The van der Waals surface area contributed by atoms with Gasteiger partial charge in [-0.25, -0.2) is 0 Å². The molecule has 2 fully saturated rings. The summed E-state index contributed by atoms with van der Waals surface area (Å²) in [7, 11) is 2.21. The van der Waals surface area contributed by atoms with Gasteiger partial charge >= 0.3 is 0 Å². The number of likely N-dealkylation sites (N-methyl/N-ethyl adjacent to an activating group) is 1. The molecule has 2 aliphatic rings. The maximum absolute atomic E-state index is 5.83. The van der Waals surface area contributed by atoms with Gasteiger partial charge in [0.1, 0.15) is 0 Å². The van der Waals surface area contributed by atoms with Crippen LogP contribution in [0.5, 0.6) is 0 Å². The maximum Gasteiger partial charge on any atom is 0.0209 e. The molecule has 1 aliphatic carbocycles. The fourth-order valence-corrected chi connectivity index (χ4v) is 2.06. The van der Waals surface area contributed by atoms with E-state index in [1.54, 1.807) is 0 Å². The Hall–Kier alpha value is -0.0800. The Labute approximate surface area is 62.4 Å². The number of hydrogen-bond donors (Lipinski definition) is 1. The van der Waals surface area contributed by atoms with Crippen LogP contribution in [0.15, 0.2) is 0 Å². The summed E-state index contributed by atoms with van der Waals surface area (Å²) in [5.41, 5.74) is 6.45. The standard InChI is InChI=1S/C8H16N2/c1-10-6-7(9)2-3-8(10)4-5-8/h7H,2-6,9H2,1H3. The third-order valence-electron chi connectivity index (χ3n) is 3.13. The largest absolute Gasteiger partial charge is 0.327 e. The molecule has 0 aromatic rings. The van der Waals surface area contributed by atoms with Gasteiger partial charge in [-0.1, -0.05) is 0 Å². The van der Waals surface area contributed by atoms with Gasteiger partial charge < -0.3 is 5.73 Å². The van der Waals surface area contributed by atoms with Crippen LogP contribution in [0, 0.1) is 0 Å². The summed E-state index contributed by atoms with van der Waals surface area (Å²) in [6.07, 6.45) is 5.40. The van der Waals surface area contributed by atoms with E-state index in [-0.39, 0.29) is 0 Å². The Morgan fingerprint density at radius 3 is 2.60 bits per heavy atom. The number of nitrogens with zero attached hydrogens (tertiary/aromatic N) is 1. The summed E-state index contributed by atoms with van der Waals surface area (Å²) in [6, 6.07) is 0.441. The predicted octanol–water partition coefficient (Wildman–Crippen LogP) is 0.572. The van der Waals surface area contributed by atoms with Crippen LogP contribution in [0.25, 0.3) is 0 Å². The monoisotopic (exact) mass is 140 g/mol. The molecule has 0 aromatic heterocycles. The zero-order valence-corrected chi connectivity index (χ0v) is 6.64. The highest BCUT2D eigenvalue weighted by atomic mass is 15.2. The number of hydrogen-bond acceptors (Lipinski definition) is 2. The molecule has 2 heteroatoms. The molecule has 0 amide bonds. The highest BCUT2D eigenvalue weighted by molar-refractivity contribution is 5.06. The van der Waals surface area contributed by atoms with Gasteiger partial charge in [0.2, 0.25) is 0 Å². The molecule has 1 aliphatic heterocycles. The van der Waals surface area contributed by atoms with E-state index in [4.69, 9.17) is 5.73 Å². The molecule has 2 rings (SSSR count). The van der Waals surface area contributed by atoms with E-state index >= 15 is 0 Å². The maximum atomic E-state index is 5.83. The molecule has 1 saturated heterocycles. The van der Waals surface area contributed by atoms with E-state index in [2.05, 4.69) is 11.9 Å². The summed E-state index contributed by atoms with van der Waals surface area (Å²) in [4.78, 5) is 2.46. The summed E-state index contributed by atoms with van der Waals surface area (Å²) < 4.78 is 0. The van der Waals surface area contributed by atoms with E-state index in [9.17, 15) is 0 Å². The summed E-state index contributed by atoms with van der Waals surface area (Å²) >= 11 is 0. The van der Waals surface area contributed by atoms with Crippen molar-refractivity contribution in [2.75, 3.05) is 13.6 Å². The number of nitrogens with two attached hydrogens (primary N) is 1. The SMILES string of the molecule is CN1CC(N)CCC12CC2. The molecule has 10 heavy (non-hydrogen) atoms. The zero-order chi connectivity index (χ0) is 7.19. The first-order valence-electron chi connectivity index (χ1n) is 4.20. The van der Waals surface area contributed by atoms with Crippen LogP contribution in [0.1, 0.15) is 25.7 Å². The van der Waals surface area contributed by atoms with Crippen LogP contribution < -0.4 is 5.73 Å². The van der Waals surface area contributed by atoms with Crippen molar-refractivity contribution in [3.63, 3.8) is 0 Å². The van der Waals surface area contributed by atoms with E-state index in [1.807, 2.05) is 0 Å². The van der Waals surface area contributed by atoms with Crippen LogP contribution in [-0.2, 0) is 0 Å². The topological polar surface area (TPSA) is 29.3 Å². The second-order valence-electron chi connectivity index (χ2n) is 3.90. The molecule has 0 radical (unpaired) electrons. The third kappa shape index (κ3) is 0.867. The summed E-state index contributed by atoms with van der Waals surface area (Å²) in [5.74, 6) is 0. The molecule has 1 atom stereocenters. The van der Waals surface area contributed by atoms with E-state index in [1.165, 1.54) is 25.7 Å². The second-order valence-corrected chi connectivity index (χ2v) is 3.90. The minimum atomic E-state index is 0.441. The van der Waals surface area contributed by atoms with Crippen LogP contribution >= 0.6 is 0 Å². The molecule has 58 valence electrons. The Morgan fingerprint density at radius 2 is 2.10 bits per heavy atom. The minimum Gasteiger partial charge on any atom is -0.327 e. The average Bonchev–Trinajstić information content (AvgIpc) is 2.62. The number of piperidine rings is 1. The summed E-state index contributed by atoms with van der Waals surface area (Å²) in [6.45, 7) is 1.11. The zero-order valence-electron chi connectivity index (χ0n) is 6.64. The van der Waals surface area contributed by atoms with Gasteiger partial charge in [0.05, 0.1) is 0 Å². The van der Waals surface area contributed by atoms with E-state index in [0.717, 1.165) is 6.54 Å². The third-order valence-corrected chi connectivity index (χ3v) is 3.13. The first-order valence-corrected chi connectivity index (χ1v) is 4.20. The number of likely N-dealkylation sites (tertiary alicyclic amines) is 1. The van der Waals surface area contributed by atoms with Gasteiger partial charge in [0, 0.05) is 18.1 Å². The van der Waals surface area contributed by atoms with Gasteiger partial charge in [-0.05, 0) is 32.7 Å². The van der Waals surface area contributed by atoms with Gasteiger partial charge in [-0.2, -0.15) is 0 Å². The molecule has 2 N–H and O–H groups in total. The van der Waals surface area contributed by atoms with Crippen LogP contribution in [0.4, 0.5) is 0 Å². The Balaban J connectivity index is 2.01. The first-order chi connectivity index (χ1) is 4.73. The molecular formula is C8H16N2. The average molecular weight is 140 g/mol. The normalized spacial score (nSPS) is 38.4. The molecule has 1 heterocycles. The van der Waals surface area contributed by atoms with Crippen molar-refractivity contribution in [3.8, 4) is 0 Å². The van der Waals surface area contributed by atoms with Gasteiger partial charge in [-0.3, -0.25) is 4.90 Å². The fourth-order valence-electron chi connectivity index (χ4n) is 2.06. The molecule has 1 unspecified atom stereocenters. The van der Waals surface area contributed by atoms with Crippen molar-refractivity contribution in [2.45, 2.75) is 37.3 Å². The summed E-state index contributed by atoms with van der Waals surface area (Å²) in [5, 5.41) is 0. The lowest BCUT2D eigenvalue weighted by molar-refractivity contribution is 0.149. The quantitative estimate of drug-likeness (QED) is 0.533. The Morgan fingerprint density at radius 1 is 1.40 bits per heavy atom. The Bertz CT molecular complexity index is 140. The highest BCUT2D eigenvalue weighted by Gasteiger charge is 2.48. The lowest BCUT2D eigenvalue weighted by atomic mass is 9.98. The van der Waals surface area contributed by atoms with E-state index in [0.29, 0.717) is 11.6 Å². The molecule has 2 nitrogen and oxygen atoms in total. The molecule has 1 saturated carbocycles. The van der Waals surface area contributed by atoms with Gasteiger partial charge in [0.25, 0.3) is 0 Å². The van der Waals surface area contributed by atoms with E-state index < -0.39 is 0 Å². The van der Waals surface area contributed by atoms with Crippen molar-refractivity contribution in [2.24, 2.45) is 5.73 Å². The first kappa shape index (κ1) is 6.62. The van der Waals surface area contributed by atoms with Crippen LogP contribution in [0.2, 0.25) is 0 Å². The van der Waals surface area contributed by atoms with Crippen molar-refractivity contribution >= 4 is 0 Å². The van der Waals surface area contributed by atoms with Crippen molar-refractivity contribution < 1.29 is 0 Å². The van der Waals surface area contributed by atoms with Crippen molar-refractivity contribution in [3.05, 3.63) is 0 Å². The number of rotatable bonds is 0. The molecule has 0 aromatic carbocycles. The lowest BCUT2D eigenvalue weighted by Gasteiger charge is -2.36.